The third kappa shape index (κ3) is 28.0. The number of hydrogen-bond acceptors (Lipinski definition) is 8. The third-order valence-corrected chi connectivity index (χ3v) is 11.1. The topological polar surface area (TPSA) is 91.5 Å². The van der Waals surface area contributed by atoms with Gasteiger partial charge < -0.3 is 26.6 Å². The maximum absolute atomic E-state index is 12.9. The Morgan fingerprint density at radius 2 is 1.20 bits per heavy atom. The van der Waals surface area contributed by atoms with Gasteiger partial charge in [-0.2, -0.15) is 4.57 Å². The summed E-state index contributed by atoms with van der Waals surface area (Å²) in [7, 11) is -3.30. The number of ether oxygens (including phenoxy) is 3. The van der Waals surface area contributed by atoms with Crippen LogP contribution in [0.4, 0.5) is 0 Å². The van der Waals surface area contributed by atoms with E-state index >= 15 is 0 Å². The van der Waals surface area contributed by atoms with Crippen LogP contribution < -0.4 is 21.7 Å². The van der Waals surface area contributed by atoms with Crippen LogP contribution in [0, 0.1) is 0 Å². The van der Waals surface area contributed by atoms with E-state index in [9.17, 15) is 8.42 Å². The average Bonchev–Trinajstić information content (AvgIpc) is 3.60. The molecule has 49 heavy (non-hydrogen) atoms. The summed E-state index contributed by atoms with van der Waals surface area (Å²) >= 11 is 1.72. The molecule has 8 nitrogen and oxygen atoms in total. The Morgan fingerprint density at radius 3 is 1.76 bits per heavy atom. The van der Waals surface area contributed by atoms with Gasteiger partial charge in [0.15, 0.2) is 16.0 Å². The Hall–Kier alpha value is -1.33. The number of hydrogen-bond donors (Lipinski definition) is 0. The Labute approximate surface area is 309 Å². The molecule has 0 aliphatic carbocycles. The van der Waals surface area contributed by atoms with E-state index in [0.29, 0.717) is 19.6 Å². The minimum atomic E-state index is -3.30. The number of unbranched alkanes of at least 4 members (excludes halogenated alkanes) is 19. The van der Waals surface area contributed by atoms with Crippen LogP contribution in [-0.2, 0) is 25.9 Å². The van der Waals surface area contributed by atoms with Gasteiger partial charge in [0.05, 0.1) is 23.5 Å². The molecule has 0 aliphatic rings. The first-order chi connectivity index (χ1) is 23.6. The molecule has 2 heterocycles. The molecule has 0 bridgehead atoms. The Balaban J connectivity index is 0.0000120. The zero-order chi connectivity index (χ0) is 34.2. The van der Waals surface area contributed by atoms with Crippen molar-refractivity contribution < 1.29 is 39.6 Å². The summed E-state index contributed by atoms with van der Waals surface area (Å²) in [5, 5.41) is 2.10. The average molecular weight is 747 g/mol. The lowest BCUT2D eigenvalue weighted by Crippen LogP contribution is -3.00. The van der Waals surface area contributed by atoms with Gasteiger partial charge in [0.1, 0.15) is 12.6 Å². The van der Waals surface area contributed by atoms with E-state index in [1.54, 1.807) is 29.8 Å². The highest BCUT2D eigenvalue weighted by Gasteiger charge is 2.22. The lowest BCUT2D eigenvalue weighted by Gasteiger charge is -2.18. The monoisotopic (exact) mass is 745 g/mol. The summed E-state index contributed by atoms with van der Waals surface area (Å²) in [6.07, 6.45) is 31.7. The van der Waals surface area contributed by atoms with Crippen LogP contribution in [0.15, 0.2) is 35.5 Å². The largest absolute Gasteiger partial charge is 1.00 e. The molecule has 1 atom stereocenters. The Bertz CT molecular complexity index is 1060. The van der Waals surface area contributed by atoms with Gasteiger partial charge >= 0.3 is 6.01 Å². The number of sulfone groups is 1. The Kier molecular flexibility index (Phi) is 30.4. The highest BCUT2D eigenvalue weighted by molar-refractivity contribution is 7.91. The molecule has 0 N–H and O–H groups in total. The summed E-state index contributed by atoms with van der Waals surface area (Å²) < 4.78 is 45.6. The normalized spacial score (nSPS) is 12.2. The van der Waals surface area contributed by atoms with Gasteiger partial charge in [0.2, 0.25) is 5.51 Å². The molecule has 0 amide bonds. The fourth-order valence-corrected chi connectivity index (χ4v) is 7.98. The maximum Gasteiger partial charge on any atom is 0.316 e. The van der Waals surface area contributed by atoms with Crippen molar-refractivity contribution in [1.29, 1.82) is 0 Å². The summed E-state index contributed by atoms with van der Waals surface area (Å²) in [6.45, 7) is 5.63. The molecule has 2 rings (SSSR count). The van der Waals surface area contributed by atoms with Crippen LogP contribution in [0.5, 0.6) is 6.01 Å². The molecule has 2 aromatic rings. The number of nitrogens with zero attached hydrogens (tertiary/aromatic N) is 3. The fourth-order valence-electron chi connectivity index (χ4n) is 5.81. The summed E-state index contributed by atoms with van der Waals surface area (Å²) in [4.78, 5) is 8.24. The van der Waals surface area contributed by atoms with Crippen molar-refractivity contribution in [3.05, 3.63) is 35.5 Å². The number of rotatable bonds is 35. The van der Waals surface area contributed by atoms with Crippen LogP contribution in [0.25, 0.3) is 0 Å². The van der Waals surface area contributed by atoms with Gasteiger partial charge in [0, 0.05) is 38.6 Å². The van der Waals surface area contributed by atoms with Gasteiger partial charge in [-0.1, -0.05) is 121 Å². The molecule has 1 unspecified atom stereocenters. The quantitative estimate of drug-likeness (QED) is 0.0602. The third-order valence-electron chi connectivity index (χ3n) is 8.68. The lowest BCUT2D eigenvalue weighted by atomic mass is 10.0. The van der Waals surface area contributed by atoms with Gasteiger partial charge in [-0.05, 0) is 38.2 Å². The van der Waals surface area contributed by atoms with Crippen LogP contribution in [0.3, 0.4) is 0 Å². The minimum absolute atomic E-state index is 0. The first-order valence-corrected chi connectivity index (χ1v) is 22.1. The highest BCUT2D eigenvalue weighted by Crippen LogP contribution is 2.14. The van der Waals surface area contributed by atoms with E-state index in [2.05, 4.69) is 38.5 Å². The van der Waals surface area contributed by atoms with Gasteiger partial charge in [0.25, 0.3) is 0 Å². The van der Waals surface area contributed by atoms with Crippen molar-refractivity contribution in [3.8, 4) is 6.01 Å². The van der Waals surface area contributed by atoms with E-state index in [0.717, 1.165) is 58.1 Å². The molecular weight excluding hydrogens is 678 g/mol. The molecule has 0 aromatic carbocycles. The van der Waals surface area contributed by atoms with Crippen molar-refractivity contribution in [2.75, 3.05) is 37.9 Å². The van der Waals surface area contributed by atoms with Crippen LogP contribution in [-0.4, -0.2) is 62.4 Å². The summed E-state index contributed by atoms with van der Waals surface area (Å²) in [5.41, 5.74) is 2.14. The first kappa shape index (κ1) is 45.7. The lowest BCUT2D eigenvalue weighted by molar-refractivity contribution is -0.692. The zero-order valence-corrected chi connectivity index (χ0v) is 33.0. The number of aromatic nitrogens is 3. The van der Waals surface area contributed by atoms with Crippen molar-refractivity contribution in [2.45, 2.75) is 161 Å². The van der Waals surface area contributed by atoms with Crippen molar-refractivity contribution >= 4 is 21.2 Å². The van der Waals surface area contributed by atoms with Crippen molar-refractivity contribution in [1.82, 2.24) is 9.97 Å². The zero-order valence-electron chi connectivity index (χ0n) is 30.6. The second-order valence-electron chi connectivity index (χ2n) is 13.3. The van der Waals surface area contributed by atoms with Crippen molar-refractivity contribution in [2.24, 2.45) is 0 Å². The predicted molar refractivity (Wildman–Crippen MR) is 199 cm³/mol. The van der Waals surface area contributed by atoms with Crippen LogP contribution in [0.2, 0.25) is 0 Å². The molecule has 0 saturated carbocycles. The molecule has 284 valence electrons. The standard InChI is InChI=1S/C38H68N3O5S2.ClH/c1-2-3-4-5-6-7-8-9-10-11-12-13-14-15-16-20-31-45-34-37(46-38-39-25-24-26-40-38)35-48(42,43)33-23-18-22-30-44-29-21-17-19-27-41-28-32-47-36-41;/h24-26,28,32,36-37H,2-23,27,29-31,33-35H2,1H3;1H/q+1;/p-1. The van der Waals surface area contributed by atoms with E-state index < -0.39 is 15.9 Å². The van der Waals surface area contributed by atoms with Crippen LogP contribution in [0.1, 0.15) is 148 Å². The Morgan fingerprint density at radius 1 is 0.694 bits per heavy atom. The molecule has 0 fully saturated rings. The van der Waals surface area contributed by atoms with E-state index in [1.807, 2.05) is 0 Å². The first-order valence-electron chi connectivity index (χ1n) is 19.3. The van der Waals surface area contributed by atoms with E-state index in [1.165, 1.54) is 89.9 Å². The molecule has 2 aromatic heterocycles. The smallest absolute Gasteiger partial charge is 0.316 e. The maximum atomic E-state index is 12.9. The number of thiazole rings is 1. The second-order valence-corrected chi connectivity index (χ2v) is 16.2. The summed E-state index contributed by atoms with van der Waals surface area (Å²) in [6, 6.07) is 1.90. The molecular formula is C38H68ClN3O5S2. The van der Waals surface area contributed by atoms with E-state index in [-0.39, 0.29) is 36.5 Å². The second kappa shape index (κ2) is 32.6. The minimum Gasteiger partial charge on any atom is -1.00 e. The summed E-state index contributed by atoms with van der Waals surface area (Å²) in [5.74, 6) is 0.0479. The molecule has 0 aliphatic heterocycles. The molecule has 11 heteroatoms. The fraction of sp³-hybridized carbons (Fsp3) is 0.816. The molecule has 0 spiro atoms. The molecule has 0 saturated heterocycles. The van der Waals surface area contributed by atoms with Crippen LogP contribution >= 0.6 is 11.3 Å². The van der Waals surface area contributed by atoms with E-state index in [4.69, 9.17) is 14.2 Å². The SMILES string of the molecule is CCCCCCCCCCCCCCCCCCOCC(CS(=O)(=O)CCCCCOCCCCC[n+]1ccsc1)Oc1ncccn1.[Cl-]. The number of aryl methyl sites for hydroxylation is 1. The van der Waals surface area contributed by atoms with Gasteiger partial charge in [-0.3, -0.25) is 0 Å². The van der Waals surface area contributed by atoms with Gasteiger partial charge in [-0.15, -0.1) is 0 Å². The predicted octanol–water partition coefficient (Wildman–Crippen LogP) is 6.33. The highest BCUT2D eigenvalue weighted by atomic mass is 35.5. The number of halogens is 1. The molecule has 0 radical (unpaired) electrons. The van der Waals surface area contributed by atoms with Crippen molar-refractivity contribution in [3.63, 3.8) is 0 Å². The van der Waals surface area contributed by atoms with Gasteiger partial charge in [-0.25, -0.2) is 18.4 Å².